The summed E-state index contributed by atoms with van der Waals surface area (Å²) >= 11 is 0. The van der Waals surface area contributed by atoms with Gasteiger partial charge in [-0.2, -0.15) is 4.98 Å². The summed E-state index contributed by atoms with van der Waals surface area (Å²) in [5.41, 5.74) is 7.36. The number of nitrogen functional groups attached to an aromatic ring is 1. The Bertz CT molecular complexity index is 528. The second-order valence-electron chi connectivity index (χ2n) is 3.38. The molecule has 4 nitrogen and oxygen atoms in total. The van der Waals surface area contributed by atoms with Gasteiger partial charge in [-0.15, -0.1) is 0 Å². The van der Waals surface area contributed by atoms with Crippen molar-refractivity contribution in [3.8, 4) is 5.69 Å². The van der Waals surface area contributed by atoms with Gasteiger partial charge in [0.15, 0.2) is 0 Å². The number of hydrogen-bond donors (Lipinski definition) is 1. The topological polar surface area (TPSA) is 60.9 Å². The quantitative estimate of drug-likeness (QED) is 0.752. The van der Waals surface area contributed by atoms with Crippen molar-refractivity contribution in [3.63, 3.8) is 0 Å². The summed E-state index contributed by atoms with van der Waals surface area (Å²) in [5, 5.41) is 0. The lowest BCUT2D eigenvalue weighted by atomic mass is 10.2. The molecule has 0 radical (unpaired) electrons. The number of aryl methyl sites for hydroxylation is 1. The van der Waals surface area contributed by atoms with E-state index in [2.05, 4.69) is 4.98 Å². The zero-order valence-corrected chi connectivity index (χ0v) is 8.34. The molecule has 0 atom stereocenters. The Kier molecular flexibility index (Phi) is 2.25. The lowest BCUT2D eigenvalue weighted by molar-refractivity contribution is 0.967. The fourth-order valence-electron chi connectivity index (χ4n) is 1.29. The third kappa shape index (κ3) is 1.88. The lowest BCUT2D eigenvalue weighted by Crippen LogP contribution is -2.14. The van der Waals surface area contributed by atoms with E-state index in [1.165, 1.54) is 11.9 Å². The zero-order chi connectivity index (χ0) is 10.8. The van der Waals surface area contributed by atoms with Gasteiger partial charge in [0.05, 0.1) is 0 Å². The van der Waals surface area contributed by atoms with E-state index in [1.807, 2.05) is 31.2 Å². The minimum absolute atomic E-state index is 0.151. The molecule has 0 spiro atoms. The van der Waals surface area contributed by atoms with Crippen molar-refractivity contribution in [2.45, 2.75) is 6.92 Å². The molecule has 0 unspecified atom stereocenters. The number of rotatable bonds is 1. The van der Waals surface area contributed by atoms with Gasteiger partial charge in [0.25, 0.3) is 5.56 Å². The van der Waals surface area contributed by atoms with Crippen molar-refractivity contribution in [2.24, 2.45) is 0 Å². The molecule has 0 aliphatic rings. The van der Waals surface area contributed by atoms with Gasteiger partial charge in [0.1, 0.15) is 12.0 Å². The van der Waals surface area contributed by atoms with Crippen molar-refractivity contribution in [2.75, 3.05) is 5.73 Å². The standard InChI is InChI=1S/C11H11N3O/c1-8-2-4-9(5-3-8)14-6-10(12)11(15)13-7-14/h2-7H,12H2,1H3. The van der Waals surface area contributed by atoms with Gasteiger partial charge >= 0.3 is 0 Å². The molecule has 15 heavy (non-hydrogen) atoms. The molecule has 0 saturated heterocycles. The highest BCUT2D eigenvalue weighted by molar-refractivity contribution is 5.38. The Balaban J connectivity index is 2.50. The summed E-state index contributed by atoms with van der Waals surface area (Å²) in [6.45, 7) is 2.02. The largest absolute Gasteiger partial charge is 0.393 e. The number of nitrogens with two attached hydrogens (primary N) is 1. The van der Waals surface area contributed by atoms with Crippen LogP contribution in [0.1, 0.15) is 5.56 Å². The average Bonchev–Trinajstić information content (AvgIpc) is 2.23. The summed E-state index contributed by atoms with van der Waals surface area (Å²) in [6, 6.07) is 7.87. The second kappa shape index (κ2) is 3.57. The summed E-state index contributed by atoms with van der Waals surface area (Å²) < 4.78 is 1.72. The zero-order valence-electron chi connectivity index (χ0n) is 8.34. The fraction of sp³-hybridized carbons (Fsp3) is 0.0909. The smallest absolute Gasteiger partial charge is 0.295 e. The molecule has 76 valence electrons. The van der Waals surface area contributed by atoms with Crippen LogP contribution in [0.15, 0.2) is 41.6 Å². The highest BCUT2D eigenvalue weighted by Crippen LogP contribution is 2.08. The molecule has 1 heterocycles. The van der Waals surface area contributed by atoms with E-state index in [0.717, 1.165) is 5.69 Å². The molecule has 0 fully saturated rings. The molecule has 2 aromatic rings. The van der Waals surface area contributed by atoms with E-state index in [1.54, 1.807) is 10.8 Å². The molecule has 4 heteroatoms. The number of anilines is 1. The first-order valence-corrected chi connectivity index (χ1v) is 4.57. The van der Waals surface area contributed by atoms with Crippen LogP contribution >= 0.6 is 0 Å². The number of nitrogens with zero attached hydrogens (tertiary/aromatic N) is 2. The van der Waals surface area contributed by atoms with Gasteiger partial charge in [-0.1, -0.05) is 17.7 Å². The van der Waals surface area contributed by atoms with Gasteiger partial charge in [-0.25, -0.2) is 0 Å². The Morgan fingerprint density at radius 3 is 2.53 bits per heavy atom. The van der Waals surface area contributed by atoms with Crippen LogP contribution < -0.4 is 11.3 Å². The molecular formula is C11H11N3O. The number of aromatic nitrogens is 2. The van der Waals surface area contributed by atoms with Crippen LogP contribution in [0.25, 0.3) is 5.69 Å². The predicted molar refractivity (Wildman–Crippen MR) is 59.0 cm³/mol. The molecule has 2 N–H and O–H groups in total. The Labute approximate surface area is 87.0 Å². The highest BCUT2D eigenvalue weighted by atomic mass is 16.1. The predicted octanol–water partition coefficient (Wildman–Crippen LogP) is 1.12. The van der Waals surface area contributed by atoms with Crippen LogP contribution in [0.2, 0.25) is 0 Å². The van der Waals surface area contributed by atoms with Crippen molar-refractivity contribution >= 4 is 5.69 Å². The third-order valence-electron chi connectivity index (χ3n) is 2.16. The molecule has 0 aliphatic heterocycles. The number of hydrogen-bond acceptors (Lipinski definition) is 3. The second-order valence-corrected chi connectivity index (χ2v) is 3.38. The molecule has 1 aromatic carbocycles. The van der Waals surface area contributed by atoms with Crippen LogP contribution in [0.4, 0.5) is 5.69 Å². The van der Waals surface area contributed by atoms with Gasteiger partial charge in [0, 0.05) is 11.9 Å². The normalized spacial score (nSPS) is 10.2. The molecule has 0 amide bonds. The van der Waals surface area contributed by atoms with Crippen LogP contribution in [0.3, 0.4) is 0 Å². The first-order valence-electron chi connectivity index (χ1n) is 4.57. The maximum Gasteiger partial charge on any atom is 0.295 e. The Morgan fingerprint density at radius 2 is 1.93 bits per heavy atom. The Morgan fingerprint density at radius 1 is 1.27 bits per heavy atom. The van der Waals surface area contributed by atoms with Gasteiger partial charge in [0.2, 0.25) is 0 Å². The minimum Gasteiger partial charge on any atom is -0.393 e. The minimum atomic E-state index is -0.390. The monoisotopic (exact) mass is 201 g/mol. The summed E-state index contributed by atoms with van der Waals surface area (Å²) in [6.07, 6.45) is 3.03. The molecule has 2 rings (SSSR count). The third-order valence-corrected chi connectivity index (χ3v) is 2.16. The summed E-state index contributed by atoms with van der Waals surface area (Å²) in [4.78, 5) is 14.7. The van der Waals surface area contributed by atoms with Crippen molar-refractivity contribution in [1.82, 2.24) is 9.55 Å². The van der Waals surface area contributed by atoms with E-state index in [-0.39, 0.29) is 5.69 Å². The van der Waals surface area contributed by atoms with E-state index in [0.29, 0.717) is 0 Å². The maximum absolute atomic E-state index is 11.0. The molecule has 0 bridgehead atoms. The molecular weight excluding hydrogens is 190 g/mol. The van der Waals surface area contributed by atoms with Crippen LogP contribution in [-0.2, 0) is 0 Å². The molecule has 0 aliphatic carbocycles. The maximum atomic E-state index is 11.0. The first-order chi connectivity index (χ1) is 7.16. The van der Waals surface area contributed by atoms with E-state index >= 15 is 0 Å². The van der Waals surface area contributed by atoms with Gasteiger partial charge < -0.3 is 10.3 Å². The van der Waals surface area contributed by atoms with E-state index in [9.17, 15) is 4.79 Å². The average molecular weight is 201 g/mol. The van der Waals surface area contributed by atoms with E-state index in [4.69, 9.17) is 5.73 Å². The number of benzene rings is 1. The lowest BCUT2D eigenvalue weighted by Gasteiger charge is -2.06. The highest BCUT2D eigenvalue weighted by Gasteiger charge is 1.98. The van der Waals surface area contributed by atoms with Gasteiger partial charge in [-0.3, -0.25) is 4.79 Å². The van der Waals surface area contributed by atoms with Crippen LogP contribution in [0.5, 0.6) is 0 Å². The fourth-order valence-corrected chi connectivity index (χ4v) is 1.29. The first kappa shape index (κ1) is 9.45. The van der Waals surface area contributed by atoms with E-state index < -0.39 is 5.56 Å². The Hall–Kier alpha value is -2.10. The molecule has 0 saturated carbocycles. The van der Waals surface area contributed by atoms with Crippen molar-refractivity contribution in [1.29, 1.82) is 0 Å². The molecule has 1 aromatic heterocycles. The van der Waals surface area contributed by atoms with Gasteiger partial charge in [-0.05, 0) is 19.1 Å². The van der Waals surface area contributed by atoms with Crippen LogP contribution in [-0.4, -0.2) is 9.55 Å². The van der Waals surface area contributed by atoms with Crippen molar-refractivity contribution in [3.05, 3.63) is 52.7 Å². The SMILES string of the molecule is Cc1ccc(-n2cnc(=O)c(N)c2)cc1. The van der Waals surface area contributed by atoms with Crippen LogP contribution in [0, 0.1) is 6.92 Å². The summed E-state index contributed by atoms with van der Waals surface area (Å²) in [5.74, 6) is 0. The van der Waals surface area contributed by atoms with Crippen molar-refractivity contribution < 1.29 is 0 Å². The summed E-state index contributed by atoms with van der Waals surface area (Å²) in [7, 11) is 0.